The molecule has 1 saturated heterocycles. The first kappa shape index (κ1) is 17.4. The van der Waals surface area contributed by atoms with E-state index in [1.807, 2.05) is 18.2 Å². The van der Waals surface area contributed by atoms with Gasteiger partial charge in [-0.1, -0.05) is 17.3 Å². The molecule has 0 radical (unpaired) electrons. The number of nitrogens with zero attached hydrogens (tertiary/aromatic N) is 5. The molecule has 3 rings (SSSR count). The quantitative estimate of drug-likeness (QED) is 0.760. The van der Waals surface area contributed by atoms with Crippen molar-refractivity contribution in [3.05, 3.63) is 41.5 Å². The summed E-state index contributed by atoms with van der Waals surface area (Å²) in [6, 6.07) is 9.98. The van der Waals surface area contributed by atoms with Crippen LogP contribution in [0.3, 0.4) is 0 Å². The third-order valence-electron chi connectivity index (χ3n) is 4.50. The lowest BCUT2D eigenvalue weighted by Crippen LogP contribution is -2.35. The van der Waals surface area contributed by atoms with Gasteiger partial charge in [-0.15, -0.1) is 0 Å². The number of rotatable bonds is 7. The first-order valence-electron chi connectivity index (χ1n) is 8.49. The number of benzene rings is 1. The van der Waals surface area contributed by atoms with Gasteiger partial charge in [0.25, 0.3) is 0 Å². The highest BCUT2D eigenvalue weighted by Crippen LogP contribution is 2.18. The Labute approximate surface area is 147 Å². The summed E-state index contributed by atoms with van der Waals surface area (Å²) in [6.45, 7) is 5.98. The van der Waals surface area contributed by atoms with Gasteiger partial charge in [-0.25, -0.2) is 0 Å². The van der Waals surface area contributed by atoms with Gasteiger partial charge in [-0.2, -0.15) is 10.2 Å². The minimum absolute atomic E-state index is 0.477. The summed E-state index contributed by atoms with van der Waals surface area (Å²) in [4.78, 5) is 8.92. The number of hydrogen-bond acceptors (Lipinski definition) is 7. The largest absolute Gasteiger partial charge is 0.491 e. The predicted molar refractivity (Wildman–Crippen MR) is 92.0 cm³/mol. The summed E-state index contributed by atoms with van der Waals surface area (Å²) in [5.74, 6) is 1.99. The predicted octanol–water partition coefficient (Wildman–Crippen LogP) is 1.83. The van der Waals surface area contributed by atoms with Crippen LogP contribution in [0.5, 0.6) is 5.75 Å². The second kappa shape index (κ2) is 8.10. The Morgan fingerprint density at radius 1 is 1.44 bits per heavy atom. The Kier molecular flexibility index (Phi) is 5.64. The maximum Gasteiger partial charge on any atom is 0.223 e. The molecule has 7 nitrogen and oxygen atoms in total. The number of aryl methyl sites for hydroxylation is 1. The highest BCUT2D eigenvalue weighted by atomic mass is 16.5. The maximum atomic E-state index is 9.08. The molecule has 0 bridgehead atoms. The molecule has 1 aromatic carbocycles. The van der Waals surface area contributed by atoms with E-state index in [4.69, 9.17) is 14.5 Å². The topological polar surface area (TPSA) is 78.4 Å². The number of nitriles is 1. The van der Waals surface area contributed by atoms with Crippen LogP contribution in [-0.4, -0.2) is 59.3 Å². The number of hydrogen-bond donors (Lipinski definition) is 0. The van der Waals surface area contributed by atoms with Crippen molar-refractivity contribution < 1.29 is 9.26 Å². The van der Waals surface area contributed by atoms with Crippen molar-refractivity contribution in [2.45, 2.75) is 25.9 Å². The molecule has 25 heavy (non-hydrogen) atoms. The van der Waals surface area contributed by atoms with E-state index in [9.17, 15) is 0 Å². The Bertz CT molecular complexity index is 739. The van der Waals surface area contributed by atoms with E-state index in [0.29, 0.717) is 36.4 Å². The van der Waals surface area contributed by atoms with Gasteiger partial charge < -0.3 is 9.26 Å². The van der Waals surface area contributed by atoms with E-state index >= 15 is 0 Å². The van der Waals surface area contributed by atoms with Crippen LogP contribution >= 0.6 is 0 Å². The standard InChI is InChI=1S/C18H23N5O2/c1-14-20-18(21-25-14)13-22(2)16-7-8-23(12-16)9-10-24-17-6-4-3-5-15(17)11-19/h3-6,16H,7-10,12-13H2,1-2H3. The summed E-state index contributed by atoms with van der Waals surface area (Å²) in [6.07, 6.45) is 1.11. The van der Waals surface area contributed by atoms with Crippen molar-refractivity contribution in [3.63, 3.8) is 0 Å². The van der Waals surface area contributed by atoms with Gasteiger partial charge >= 0.3 is 0 Å². The fourth-order valence-electron chi connectivity index (χ4n) is 3.10. The van der Waals surface area contributed by atoms with E-state index in [1.165, 1.54) is 0 Å². The summed E-state index contributed by atoms with van der Waals surface area (Å²) in [7, 11) is 2.10. The zero-order valence-electron chi connectivity index (χ0n) is 14.7. The zero-order valence-corrected chi connectivity index (χ0v) is 14.7. The average Bonchev–Trinajstić information content (AvgIpc) is 3.24. The summed E-state index contributed by atoms with van der Waals surface area (Å²) < 4.78 is 10.8. The molecular weight excluding hydrogens is 318 g/mol. The Morgan fingerprint density at radius 3 is 3.04 bits per heavy atom. The number of likely N-dealkylation sites (tertiary alicyclic amines) is 1. The van der Waals surface area contributed by atoms with Gasteiger partial charge in [0.1, 0.15) is 18.4 Å². The second-order valence-corrected chi connectivity index (χ2v) is 6.34. The average molecular weight is 341 g/mol. The van der Waals surface area contributed by atoms with Crippen molar-refractivity contribution in [2.24, 2.45) is 0 Å². The monoisotopic (exact) mass is 341 g/mol. The highest BCUT2D eigenvalue weighted by molar-refractivity contribution is 5.42. The third kappa shape index (κ3) is 4.56. The van der Waals surface area contributed by atoms with E-state index < -0.39 is 0 Å². The highest BCUT2D eigenvalue weighted by Gasteiger charge is 2.26. The van der Waals surface area contributed by atoms with Crippen LogP contribution in [0.1, 0.15) is 23.7 Å². The lowest BCUT2D eigenvalue weighted by molar-refractivity contribution is 0.200. The van der Waals surface area contributed by atoms with E-state index in [2.05, 4.69) is 33.1 Å². The molecule has 0 aliphatic carbocycles. The molecule has 7 heteroatoms. The van der Waals surface area contributed by atoms with E-state index in [-0.39, 0.29) is 0 Å². The summed E-state index contributed by atoms with van der Waals surface area (Å²) in [5, 5.41) is 13.0. The molecule has 0 amide bonds. The van der Waals surface area contributed by atoms with Gasteiger partial charge in [-0.05, 0) is 32.1 Å². The SMILES string of the molecule is Cc1nc(CN(C)C2CCN(CCOc3ccccc3C#N)C2)no1. The van der Waals surface area contributed by atoms with Crippen LogP contribution in [0, 0.1) is 18.3 Å². The van der Waals surface area contributed by atoms with Crippen molar-refractivity contribution in [1.82, 2.24) is 19.9 Å². The first-order chi connectivity index (χ1) is 12.2. The van der Waals surface area contributed by atoms with E-state index in [1.54, 1.807) is 13.0 Å². The zero-order chi connectivity index (χ0) is 17.6. The maximum absolute atomic E-state index is 9.08. The Morgan fingerprint density at radius 2 is 2.28 bits per heavy atom. The molecule has 1 atom stereocenters. The van der Waals surface area contributed by atoms with Gasteiger partial charge in [0.2, 0.25) is 5.89 Å². The number of ether oxygens (including phenoxy) is 1. The second-order valence-electron chi connectivity index (χ2n) is 6.34. The smallest absolute Gasteiger partial charge is 0.223 e. The lowest BCUT2D eigenvalue weighted by Gasteiger charge is -2.23. The Hall–Kier alpha value is -2.43. The first-order valence-corrected chi connectivity index (χ1v) is 8.49. The molecule has 2 heterocycles. The van der Waals surface area contributed by atoms with Crippen LogP contribution in [0.2, 0.25) is 0 Å². The molecule has 1 unspecified atom stereocenters. The number of aromatic nitrogens is 2. The lowest BCUT2D eigenvalue weighted by atomic mass is 10.2. The third-order valence-corrected chi connectivity index (χ3v) is 4.50. The Balaban J connectivity index is 1.43. The normalized spacial score (nSPS) is 17.8. The molecule has 0 saturated carbocycles. The molecule has 1 fully saturated rings. The van der Waals surface area contributed by atoms with Crippen LogP contribution in [-0.2, 0) is 6.54 Å². The molecule has 0 spiro atoms. The van der Waals surface area contributed by atoms with Crippen LogP contribution in [0.15, 0.2) is 28.8 Å². The van der Waals surface area contributed by atoms with Gasteiger partial charge in [0.15, 0.2) is 5.82 Å². The molecule has 132 valence electrons. The minimum atomic E-state index is 0.477. The summed E-state index contributed by atoms with van der Waals surface area (Å²) in [5.41, 5.74) is 0.580. The molecule has 1 aromatic heterocycles. The molecule has 2 aromatic rings. The van der Waals surface area contributed by atoms with Crippen molar-refractivity contribution in [3.8, 4) is 11.8 Å². The molecule has 1 aliphatic rings. The van der Waals surface area contributed by atoms with Gasteiger partial charge in [-0.3, -0.25) is 9.80 Å². The minimum Gasteiger partial charge on any atom is -0.491 e. The van der Waals surface area contributed by atoms with Crippen LogP contribution < -0.4 is 4.74 Å². The van der Waals surface area contributed by atoms with Crippen molar-refractivity contribution in [1.29, 1.82) is 5.26 Å². The van der Waals surface area contributed by atoms with E-state index in [0.717, 1.165) is 31.9 Å². The number of likely N-dealkylation sites (N-methyl/N-ethyl adjacent to an activating group) is 1. The van der Waals surface area contributed by atoms with Crippen LogP contribution in [0.4, 0.5) is 0 Å². The fraction of sp³-hybridized carbons (Fsp3) is 0.500. The van der Waals surface area contributed by atoms with Gasteiger partial charge in [0, 0.05) is 26.1 Å². The van der Waals surface area contributed by atoms with Crippen molar-refractivity contribution in [2.75, 3.05) is 33.3 Å². The molecule has 1 aliphatic heterocycles. The van der Waals surface area contributed by atoms with Gasteiger partial charge in [0.05, 0.1) is 12.1 Å². The van der Waals surface area contributed by atoms with Crippen molar-refractivity contribution >= 4 is 0 Å². The number of para-hydroxylation sites is 1. The summed E-state index contributed by atoms with van der Waals surface area (Å²) >= 11 is 0. The van der Waals surface area contributed by atoms with Crippen LogP contribution in [0.25, 0.3) is 0 Å². The fourth-order valence-corrected chi connectivity index (χ4v) is 3.10. The molecule has 0 N–H and O–H groups in total. The molecular formula is C18H23N5O2.